The molecule has 0 N–H and O–H groups in total. The highest BCUT2D eigenvalue weighted by Crippen LogP contribution is 2.24. The molecule has 4 nitrogen and oxygen atoms in total. The van der Waals surface area contributed by atoms with Crippen LogP contribution in [0.3, 0.4) is 0 Å². The first-order chi connectivity index (χ1) is 12.0. The summed E-state index contributed by atoms with van der Waals surface area (Å²) >= 11 is 6.21. The van der Waals surface area contributed by atoms with Gasteiger partial charge < -0.3 is 4.90 Å². The second-order valence-electron chi connectivity index (χ2n) is 6.47. The predicted octanol–water partition coefficient (Wildman–Crippen LogP) is 3.43. The Morgan fingerprint density at radius 1 is 1.16 bits per heavy atom. The number of amides is 1. The summed E-state index contributed by atoms with van der Waals surface area (Å²) < 4.78 is 0. The van der Waals surface area contributed by atoms with Crippen LogP contribution in [-0.2, 0) is 11.2 Å². The molecule has 130 valence electrons. The number of halogens is 1. The third-order valence-corrected chi connectivity index (χ3v) is 4.43. The number of carbonyl (C=O) groups excluding carboxylic acids is 1. The summed E-state index contributed by atoms with van der Waals surface area (Å²) in [6.45, 7) is 1.52. The van der Waals surface area contributed by atoms with E-state index in [-0.39, 0.29) is 5.91 Å². The van der Waals surface area contributed by atoms with Crippen molar-refractivity contribution in [3.8, 4) is 0 Å². The molecule has 0 aromatic heterocycles. The van der Waals surface area contributed by atoms with Gasteiger partial charge in [-0.05, 0) is 44.8 Å². The number of fused-ring (bicyclic) bond motifs is 1. The minimum absolute atomic E-state index is 0.0215. The van der Waals surface area contributed by atoms with Crippen LogP contribution in [0.2, 0.25) is 5.02 Å². The Bertz CT molecular complexity index is 787. The van der Waals surface area contributed by atoms with Crippen molar-refractivity contribution in [2.75, 3.05) is 27.2 Å². The van der Waals surface area contributed by atoms with Gasteiger partial charge in [0.2, 0.25) is 5.91 Å². The van der Waals surface area contributed by atoms with Gasteiger partial charge in [-0.25, -0.2) is 5.01 Å². The molecule has 0 radical (unpaired) electrons. The van der Waals surface area contributed by atoms with Gasteiger partial charge in [-0.15, -0.1) is 0 Å². The van der Waals surface area contributed by atoms with Crippen LogP contribution in [0.25, 0.3) is 0 Å². The fourth-order valence-electron chi connectivity index (χ4n) is 2.93. The van der Waals surface area contributed by atoms with Crippen LogP contribution in [0.15, 0.2) is 53.6 Å². The lowest BCUT2D eigenvalue weighted by Gasteiger charge is -2.18. The van der Waals surface area contributed by atoms with Crippen LogP contribution in [-0.4, -0.2) is 48.7 Å². The summed E-state index contributed by atoms with van der Waals surface area (Å²) in [6, 6.07) is 15.6. The van der Waals surface area contributed by atoms with Crippen molar-refractivity contribution in [2.24, 2.45) is 5.10 Å². The third kappa shape index (κ3) is 4.27. The normalized spacial score (nSPS) is 14.3. The molecule has 0 unspecified atom stereocenters. The first-order valence-corrected chi connectivity index (χ1v) is 8.80. The van der Waals surface area contributed by atoms with Crippen molar-refractivity contribution in [2.45, 2.75) is 12.8 Å². The molecule has 0 saturated carbocycles. The Hall–Kier alpha value is -2.17. The number of hydrogen-bond donors (Lipinski definition) is 0. The molecule has 2 aromatic rings. The van der Waals surface area contributed by atoms with E-state index < -0.39 is 0 Å². The van der Waals surface area contributed by atoms with Crippen LogP contribution in [0.1, 0.15) is 23.1 Å². The van der Waals surface area contributed by atoms with E-state index in [0.29, 0.717) is 18.0 Å². The number of nitrogens with zero attached hydrogens (tertiary/aromatic N) is 3. The average Bonchev–Trinajstić information content (AvgIpc) is 2.72. The first kappa shape index (κ1) is 17.6. The standard InChI is InChI=1S/C20H22ClN3O/c1-23(2)11-6-12-24-19(25)13-16-9-10-17(21)14-18(16)20(22-24)15-7-4-3-5-8-15/h3-5,7-10,14H,6,11-13H2,1-2H3. The maximum Gasteiger partial charge on any atom is 0.247 e. The van der Waals surface area contributed by atoms with Gasteiger partial charge in [-0.3, -0.25) is 4.79 Å². The fraction of sp³-hybridized carbons (Fsp3) is 0.300. The largest absolute Gasteiger partial charge is 0.309 e. The summed E-state index contributed by atoms with van der Waals surface area (Å²) in [4.78, 5) is 14.8. The van der Waals surface area contributed by atoms with E-state index >= 15 is 0 Å². The van der Waals surface area contributed by atoms with Crippen molar-refractivity contribution in [1.82, 2.24) is 9.91 Å². The van der Waals surface area contributed by atoms with Gasteiger partial charge in [0.1, 0.15) is 0 Å². The molecule has 1 aliphatic rings. The maximum atomic E-state index is 12.7. The monoisotopic (exact) mass is 355 g/mol. The van der Waals surface area contributed by atoms with Gasteiger partial charge >= 0.3 is 0 Å². The van der Waals surface area contributed by atoms with Gasteiger partial charge in [0.15, 0.2) is 0 Å². The van der Waals surface area contributed by atoms with Crippen LogP contribution in [0.4, 0.5) is 0 Å². The van der Waals surface area contributed by atoms with E-state index in [4.69, 9.17) is 16.7 Å². The summed E-state index contributed by atoms with van der Waals surface area (Å²) in [5, 5.41) is 6.99. The molecule has 0 saturated heterocycles. The Kier molecular flexibility index (Phi) is 5.51. The summed E-state index contributed by atoms with van der Waals surface area (Å²) in [7, 11) is 4.06. The topological polar surface area (TPSA) is 35.9 Å². The molecule has 0 bridgehead atoms. The average molecular weight is 356 g/mol. The highest BCUT2D eigenvalue weighted by Gasteiger charge is 2.23. The third-order valence-electron chi connectivity index (χ3n) is 4.20. The van der Waals surface area contributed by atoms with Crippen LogP contribution in [0, 0.1) is 0 Å². The molecule has 0 aliphatic carbocycles. The van der Waals surface area contributed by atoms with E-state index in [1.165, 1.54) is 0 Å². The van der Waals surface area contributed by atoms with Gasteiger partial charge in [-0.1, -0.05) is 48.0 Å². The minimum atomic E-state index is 0.0215. The molecule has 0 fully saturated rings. The lowest BCUT2D eigenvalue weighted by atomic mass is 9.96. The van der Waals surface area contributed by atoms with Crippen molar-refractivity contribution >= 4 is 23.2 Å². The molecule has 3 rings (SSSR count). The maximum absolute atomic E-state index is 12.7. The van der Waals surface area contributed by atoms with Crippen molar-refractivity contribution < 1.29 is 4.79 Å². The zero-order chi connectivity index (χ0) is 17.8. The molecule has 0 atom stereocenters. The highest BCUT2D eigenvalue weighted by atomic mass is 35.5. The number of hydrazone groups is 1. The minimum Gasteiger partial charge on any atom is -0.309 e. The molecule has 1 amide bonds. The van der Waals surface area contributed by atoms with Crippen LogP contribution in [0.5, 0.6) is 0 Å². The van der Waals surface area contributed by atoms with E-state index in [1.54, 1.807) is 5.01 Å². The Labute approximate surface area is 153 Å². The summed E-state index contributed by atoms with van der Waals surface area (Å²) in [5.41, 5.74) is 3.68. The van der Waals surface area contributed by atoms with Gasteiger partial charge in [0, 0.05) is 22.7 Å². The number of benzene rings is 2. The van der Waals surface area contributed by atoms with E-state index in [0.717, 1.165) is 35.4 Å². The van der Waals surface area contributed by atoms with E-state index in [1.807, 2.05) is 62.6 Å². The van der Waals surface area contributed by atoms with Crippen molar-refractivity contribution in [1.29, 1.82) is 0 Å². The number of carbonyl (C=O) groups is 1. The van der Waals surface area contributed by atoms with Crippen LogP contribution >= 0.6 is 11.6 Å². The number of rotatable bonds is 5. The molecular weight excluding hydrogens is 334 g/mol. The first-order valence-electron chi connectivity index (χ1n) is 8.42. The molecule has 0 spiro atoms. The highest BCUT2D eigenvalue weighted by molar-refractivity contribution is 6.31. The Morgan fingerprint density at radius 2 is 1.92 bits per heavy atom. The van der Waals surface area contributed by atoms with Gasteiger partial charge in [-0.2, -0.15) is 5.10 Å². The van der Waals surface area contributed by atoms with E-state index in [9.17, 15) is 4.79 Å². The SMILES string of the molecule is CN(C)CCCN1N=C(c2ccccc2)c2cc(Cl)ccc2CC1=O. The Morgan fingerprint density at radius 3 is 2.64 bits per heavy atom. The second-order valence-corrected chi connectivity index (χ2v) is 6.90. The van der Waals surface area contributed by atoms with E-state index in [2.05, 4.69) is 4.90 Å². The molecule has 2 aromatic carbocycles. The molecule has 1 heterocycles. The molecule has 5 heteroatoms. The quantitative estimate of drug-likeness (QED) is 0.823. The predicted molar refractivity (Wildman–Crippen MR) is 102 cm³/mol. The van der Waals surface area contributed by atoms with Crippen LogP contribution < -0.4 is 0 Å². The molecular formula is C20H22ClN3O. The van der Waals surface area contributed by atoms with Gasteiger partial charge in [0.25, 0.3) is 0 Å². The summed E-state index contributed by atoms with van der Waals surface area (Å²) in [6.07, 6.45) is 1.22. The molecule has 25 heavy (non-hydrogen) atoms. The summed E-state index contributed by atoms with van der Waals surface area (Å²) in [5.74, 6) is 0.0215. The smallest absolute Gasteiger partial charge is 0.247 e. The van der Waals surface area contributed by atoms with Crippen molar-refractivity contribution in [3.05, 3.63) is 70.2 Å². The van der Waals surface area contributed by atoms with Gasteiger partial charge in [0.05, 0.1) is 12.1 Å². The zero-order valence-corrected chi connectivity index (χ0v) is 15.3. The Balaban J connectivity index is 2.01. The second kappa shape index (κ2) is 7.81. The lowest BCUT2D eigenvalue weighted by Crippen LogP contribution is -2.30. The number of hydrogen-bond acceptors (Lipinski definition) is 3. The fourth-order valence-corrected chi connectivity index (χ4v) is 3.10. The molecule has 1 aliphatic heterocycles. The lowest BCUT2D eigenvalue weighted by molar-refractivity contribution is -0.130. The van der Waals surface area contributed by atoms with Crippen molar-refractivity contribution in [3.63, 3.8) is 0 Å². The zero-order valence-electron chi connectivity index (χ0n) is 14.6.